The molecule has 0 radical (unpaired) electrons. The van der Waals surface area contributed by atoms with Gasteiger partial charge in [0.05, 0.1) is 30.7 Å². The zero-order valence-electron chi connectivity index (χ0n) is 18.3. The number of hydrogen-bond donors (Lipinski definition) is 0. The van der Waals surface area contributed by atoms with Crippen molar-refractivity contribution in [1.29, 1.82) is 0 Å². The molecule has 0 spiro atoms. The fourth-order valence-corrected chi connectivity index (χ4v) is 5.50. The van der Waals surface area contributed by atoms with Crippen molar-refractivity contribution in [3.63, 3.8) is 0 Å². The molecule has 1 saturated carbocycles. The van der Waals surface area contributed by atoms with Gasteiger partial charge in [-0.3, -0.25) is 9.59 Å². The van der Waals surface area contributed by atoms with Crippen molar-refractivity contribution in [2.24, 2.45) is 28.8 Å². The van der Waals surface area contributed by atoms with Crippen molar-refractivity contribution in [2.75, 3.05) is 7.11 Å². The van der Waals surface area contributed by atoms with E-state index in [0.29, 0.717) is 5.56 Å². The van der Waals surface area contributed by atoms with Crippen LogP contribution in [0.25, 0.3) is 5.69 Å². The van der Waals surface area contributed by atoms with E-state index in [9.17, 15) is 14.4 Å². The van der Waals surface area contributed by atoms with Crippen LogP contribution in [0.3, 0.4) is 0 Å². The first-order valence-corrected chi connectivity index (χ1v) is 10.9. The number of methoxy groups -OCH3 is 1. The second-order valence-electron chi connectivity index (χ2n) is 8.78. The molecule has 3 aliphatic carbocycles. The second kappa shape index (κ2) is 7.58. The zero-order valence-corrected chi connectivity index (χ0v) is 18.3. The fourth-order valence-electron chi connectivity index (χ4n) is 5.50. The minimum absolute atomic E-state index is 0.147. The highest BCUT2D eigenvalue weighted by atomic mass is 16.5. The van der Waals surface area contributed by atoms with Crippen LogP contribution < -0.4 is 0 Å². The number of nitrogens with zero attached hydrogens (tertiary/aromatic N) is 3. The number of rotatable bonds is 4. The van der Waals surface area contributed by atoms with E-state index in [2.05, 4.69) is 17.3 Å². The lowest BCUT2D eigenvalue weighted by Crippen LogP contribution is -2.38. The van der Waals surface area contributed by atoms with Crippen LogP contribution in [0.2, 0.25) is 0 Å². The summed E-state index contributed by atoms with van der Waals surface area (Å²) in [6.07, 6.45) is 7.72. The molecule has 1 aromatic carbocycles. The molecule has 2 heterocycles. The van der Waals surface area contributed by atoms with Crippen molar-refractivity contribution >= 4 is 24.0 Å². The van der Waals surface area contributed by atoms with Gasteiger partial charge in [-0.1, -0.05) is 18.2 Å². The molecule has 2 bridgehead atoms. The van der Waals surface area contributed by atoms with E-state index < -0.39 is 5.97 Å². The van der Waals surface area contributed by atoms with Gasteiger partial charge in [-0.15, -0.1) is 0 Å². The molecule has 0 unspecified atom stereocenters. The molecule has 164 valence electrons. The van der Waals surface area contributed by atoms with Crippen LogP contribution in [0.1, 0.15) is 40.2 Å². The molecule has 2 aromatic rings. The molecular formula is C25H25N3O4. The average molecular weight is 431 g/mol. The number of amides is 2. The number of ether oxygens (including phenoxy) is 1. The predicted molar refractivity (Wildman–Crippen MR) is 118 cm³/mol. The first kappa shape index (κ1) is 20.4. The molecule has 4 atom stereocenters. The van der Waals surface area contributed by atoms with Crippen LogP contribution in [0.15, 0.2) is 47.6 Å². The smallest absolute Gasteiger partial charge is 0.337 e. The average Bonchev–Trinajstić information content (AvgIpc) is 3.25. The van der Waals surface area contributed by atoms with E-state index in [0.717, 1.165) is 40.5 Å². The van der Waals surface area contributed by atoms with E-state index in [-0.39, 0.29) is 35.5 Å². The Morgan fingerprint density at radius 3 is 2.31 bits per heavy atom. The number of hydrogen-bond acceptors (Lipinski definition) is 5. The third-order valence-electron chi connectivity index (χ3n) is 7.04. The number of fused-ring (bicyclic) bond motifs is 1. The Kier molecular flexibility index (Phi) is 4.84. The van der Waals surface area contributed by atoms with Gasteiger partial charge in [-0.25, -0.2) is 4.79 Å². The third kappa shape index (κ3) is 3.03. The molecule has 4 aliphatic rings. The van der Waals surface area contributed by atoms with Gasteiger partial charge in [0, 0.05) is 22.6 Å². The zero-order chi connectivity index (χ0) is 22.6. The van der Waals surface area contributed by atoms with Gasteiger partial charge >= 0.3 is 5.97 Å². The molecule has 1 saturated heterocycles. The molecule has 7 nitrogen and oxygen atoms in total. The highest BCUT2D eigenvalue weighted by Crippen LogP contribution is 2.49. The number of aromatic nitrogens is 1. The topological polar surface area (TPSA) is 81.0 Å². The van der Waals surface area contributed by atoms with Gasteiger partial charge in [0.15, 0.2) is 0 Å². The number of benzene rings is 1. The third-order valence-corrected chi connectivity index (χ3v) is 7.04. The van der Waals surface area contributed by atoms with E-state index in [4.69, 9.17) is 4.74 Å². The Labute approximate surface area is 186 Å². The lowest BCUT2D eigenvalue weighted by Gasteiger charge is -2.37. The highest BCUT2D eigenvalue weighted by Gasteiger charge is 2.56. The fraction of sp³-hybridized carbons (Fsp3) is 0.360. The Bertz CT molecular complexity index is 1160. The van der Waals surface area contributed by atoms with Crippen molar-refractivity contribution in [3.8, 4) is 5.69 Å². The van der Waals surface area contributed by atoms with Crippen molar-refractivity contribution in [3.05, 3.63) is 65.0 Å². The van der Waals surface area contributed by atoms with Crippen molar-refractivity contribution < 1.29 is 19.1 Å². The Balaban J connectivity index is 1.44. The Hall–Kier alpha value is -3.48. The molecule has 0 N–H and O–H groups in total. The summed E-state index contributed by atoms with van der Waals surface area (Å²) < 4.78 is 6.83. The number of carbonyl (C=O) groups is 3. The van der Waals surface area contributed by atoms with Crippen molar-refractivity contribution in [2.45, 2.75) is 26.7 Å². The highest BCUT2D eigenvalue weighted by molar-refractivity contribution is 6.06. The summed E-state index contributed by atoms with van der Waals surface area (Å²) in [5.41, 5.74) is 3.94. The van der Waals surface area contributed by atoms with Crippen LogP contribution >= 0.6 is 0 Å². The lowest BCUT2D eigenvalue weighted by atomic mass is 9.63. The van der Waals surface area contributed by atoms with Crippen LogP contribution in [0, 0.1) is 37.5 Å². The van der Waals surface area contributed by atoms with E-state index in [1.54, 1.807) is 24.4 Å². The first-order valence-electron chi connectivity index (χ1n) is 10.9. The largest absolute Gasteiger partial charge is 0.465 e. The van der Waals surface area contributed by atoms with Crippen LogP contribution in [0.5, 0.6) is 0 Å². The molecule has 7 heteroatoms. The van der Waals surface area contributed by atoms with Crippen molar-refractivity contribution in [1.82, 2.24) is 9.58 Å². The summed E-state index contributed by atoms with van der Waals surface area (Å²) in [5.74, 6) is -1.01. The van der Waals surface area contributed by atoms with Gasteiger partial charge in [0.25, 0.3) is 11.8 Å². The lowest BCUT2D eigenvalue weighted by molar-refractivity contribution is -0.140. The number of hydrazone groups is 1. The minimum atomic E-state index is -0.396. The number of carbonyl (C=O) groups excluding carboxylic acids is 3. The van der Waals surface area contributed by atoms with E-state index in [1.165, 1.54) is 7.11 Å². The standard InChI is InChI=1S/C25H25N3O4/c1-14-11-19(15(2)27(14)20-6-4-5-18(12-20)25(31)32-3)13-26-28-23(29)21-16-7-8-17(10-9-16)22(21)24(28)30/h4-8,11-13,16-17,21-22H,9-10H2,1-3H3/b26-13-/t16-,17-,21+,22+/m0/s1. The molecule has 1 aromatic heterocycles. The van der Waals surface area contributed by atoms with Gasteiger partial charge in [0.1, 0.15) is 0 Å². The Morgan fingerprint density at radius 2 is 1.72 bits per heavy atom. The number of imide groups is 1. The Morgan fingerprint density at radius 1 is 1.06 bits per heavy atom. The summed E-state index contributed by atoms with van der Waals surface area (Å²) >= 11 is 0. The molecule has 6 rings (SSSR count). The molecular weight excluding hydrogens is 406 g/mol. The van der Waals surface area contributed by atoms with Crippen LogP contribution in [-0.2, 0) is 14.3 Å². The van der Waals surface area contributed by atoms with E-state index in [1.807, 2.05) is 30.5 Å². The summed E-state index contributed by atoms with van der Waals surface area (Å²) in [6, 6.07) is 9.15. The number of aryl methyl sites for hydroxylation is 1. The van der Waals surface area contributed by atoms with Gasteiger partial charge in [-0.2, -0.15) is 10.1 Å². The quantitative estimate of drug-likeness (QED) is 0.322. The number of esters is 1. The second-order valence-corrected chi connectivity index (χ2v) is 8.78. The first-order chi connectivity index (χ1) is 15.4. The summed E-state index contributed by atoms with van der Waals surface area (Å²) in [7, 11) is 1.36. The van der Waals surface area contributed by atoms with E-state index >= 15 is 0 Å². The van der Waals surface area contributed by atoms with Gasteiger partial charge in [-0.05, 0) is 62.8 Å². The molecule has 32 heavy (non-hydrogen) atoms. The minimum Gasteiger partial charge on any atom is -0.465 e. The normalized spacial score (nSPS) is 26.3. The molecule has 2 amide bonds. The van der Waals surface area contributed by atoms with Crippen LogP contribution in [-0.4, -0.2) is 40.7 Å². The predicted octanol–water partition coefficient (Wildman–Crippen LogP) is 3.41. The summed E-state index contributed by atoms with van der Waals surface area (Å²) in [6.45, 7) is 3.90. The maximum atomic E-state index is 13.0. The maximum absolute atomic E-state index is 13.0. The summed E-state index contributed by atoms with van der Waals surface area (Å²) in [5, 5.41) is 5.42. The monoisotopic (exact) mass is 431 g/mol. The maximum Gasteiger partial charge on any atom is 0.337 e. The summed E-state index contributed by atoms with van der Waals surface area (Å²) in [4.78, 5) is 37.9. The molecule has 2 fully saturated rings. The van der Waals surface area contributed by atoms with Gasteiger partial charge in [0.2, 0.25) is 0 Å². The van der Waals surface area contributed by atoms with Crippen LogP contribution in [0.4, 0.5) is 0 Å². The SMILES string of the molecule is COC(=O)c1cccc(-n2c(C)cc(/C=N\N3C(=O)[C@H]4[C@H](C3=O)[C@H]3C=C[C@H]4CC3)c2C)c1. The molecule has 1 aliphatic heterocycles. The van der Waals surface area contributed by atoms with Gasteiger partial charge < -0.3 is 9.30 Å². The number of allylic oxidation sites excluding steroid dienone is 2.